The molecular formula is C27H44O8. The SMILES string of the molecule is CC(C)CC[C@@H](O)[C@@](C)(O)C1CC[C@@]2(O)C3=CC(=O)[C@]4(O)C[C@@H](O)[C@@H](O)C[C@]4(C)C3[C@H](O)C[C@]12C. The summed E-state index contributed by atoms with van der Waals surface area (Å²) >= 11 is 0. The predicted octanol–water partition coefficient (Wildman–Crippen LogP) is 0.825. The van der Waals surface area contributed by atoms with E-state index in [0.29, 0.717) is 24.3 Å². The first-order valence-corrected chi connectivity index (χ1v) is 13.1. The summed E-state index contributed by atoms with van der Waals surface area (Å²) < 4.78 is 0. The van der Waals surface area contributed by atoms with Gasteiger partial charge in [0.05, 0.1) is 35.6 Å². The van der Waals surface area contributed by atoms with Gasteiger partial charge >= 0.3 is 0 Å². The van der Waals surface area contributed by atoms with Crippen LogP contribution in [-0.2, 0) is 4.79 Å². The number of rotatable bonds is 5. The molecule has 0 aromatic rings. The quantitative estimate of drug-likeness (QED) is 0.295. The number of ketones is 1. The van der Waals surface area contributed by atoms with Crippen molar-refractivity contribution >= 4 is 5.78 Å². The second-order valence-electron chi connectivity index (χ2n) is 13.1. The zero-order valence-electron chi connectivity index (χ0n) is 21.6. The van der Waals surface area contributed by atoms with E-state index >= 15 is 0 Å². The zero-order valence-corrected chi connectivity index (χ0v) is 21.6. The highest BCUT2D eigenvalue weighted by atomic mass is 16.3. The molecule has 4 aliphatic carbocycles. The van der Waals surface area contributed by atoms with E-state index in [0.717, 1.165) is 6.42 Å². The van der Waals surface area contributed by atoms with Crippen molar-refractivity contribution in [1.82, 2.24) is 0 Å². The van der Waals surface area contributed by atoms with Crippen LogP contribution in [0.1, 0.15) is 79.6 Å². The van der Waals surface area contributed by atoms with Crippen LogP contribution in [0.3, 0.4) is 0 Å². The second kappa shape index (κ2) is 8.32. The smallest absolute Gasteiger partial charge is 0.187 e. The third-order valence-corrected chi connectivity index (χ3v) is 10.6. The highest BCUT2D eigenvalue weighted by Gasteiger charge is 2.73. The second-order valence-corrected chi connectivity index (χ2v) is 13.1. The summed E-state index contributed by atoms with van der Waals surface area (Å²) in [6.07, 6.45) is -1.83. The van der Waals surface area contributed by atoms with Gasteiger partial charge in [0.2, 0.25) is 0 Å². The number of fused-ring (bicyclic) bond motifs is 5. The van der Waals surface area contributed by atoms with Crippen molar-refractivity contribution in [2.45, 2.75) is 121 Å². The Bertz CT molecular complexity index is 900. The largest absolute Gasteiger partial charge is 0.392 e. The summed E-state index contributed by atoms with van der Waals surface area (Å²) in [5, 5.41) is 78.4. The Balaban J connectivity index is 1.76. The normalized spacial score (nSPS) is 50.1. The Morgan fingerprint density at radius 1 is 0.971 bits per heavy atom. The van der Waals surface area contributed by atoms with E-state index in [2.05, 4.69) is 0 Å². The van der Waals surface area contributed by atoms with Gasteiger partial charge in [0, 0.05) is 23.2 Å². The summed E-state index contributed by atoms with van der Waals surface area (Å²) in [5.74, 6) is -1.63. The highest BCUT2D eigenvalue weighted by Crippen LogP contribution is 2.69. The minimum atomic E-state index is -1.97. The van der Waals surface area contributed by atoms with E-state index in [1.54, 1.807) is 13.8 Å². The van der Waals surface area contributed by atoms with Gasteiger partial charge in [0.15, 0.2) is 5.78 Å². The molecule has 0 heterocycles. The lowest BCUT2D eigenvalue weighted by Crippen LogP contribution is -2.71. The van der Waals surface area contributed by atoms with Gasteiger partial charge in [-0.2, -0.15) is 0 Å². The lowest BCUT2D eigenvalue weighted by atomic mass is 9.43. The maximum atomic E-state index is 13.3. The molecule has 0 bridgehead atoms. The van der Waals surface area contributed by atoms with Crippen molar-refractivity contribution < 1.29 is 40.5 Å². The topological polar surface area (TPSA) is 159 Å². The number of aliphatic hydroxyl groups excluding tert-OH is 4. The molecule has 11 atom stereocenters. The molecule has 0 spiro atoms. The van der Waals surface area contributed by atoms with E-state index in [1.165, 1.54) is 6.08 Å². The molecule has 0 aromatic carbocycles. The third-order valence-electron chi connectivity index (χ3n) is 10.6. The summed E-state index contributed by atoms with van der Waals surface area (Å²) in [5.41, 5.74) is -7.02. The molecular weight excluding hydrogens is 452 g/mol. The van der Waals surface area contributed by atoms with Gasteiger partial charge in [-0.05, 0) is 68.9 Å². The van der Waals surface area contributed by atoms with Gasteiger partial charge in [0.1, 0.15) is 5.60 Å². The van der Waals surface area contributed by atoms with Crippen LogP contribution >= 0.6 is 0 Å². The van der Waals surface area contributed by atoms with Crippen molar-refractivity contribution in [3.05, 3.63) is 11.6 Å². The van der Waals surface area contributed by atoms with Gasteiger partial charge in [0.25, 0.3) is 0 Å². The molecule has 7 N–H and O–H groups in total. The Kier molecular flexibility index (Phi) is 6.46. The molecule has 0 saturated heterocycles. The summed E-state index contributed by atoms with van der Waals surface area (Å²) in [7, 11) is 0. The summed E-state index contributed by atoms with van der Waals surface area (Å²) in [6, 6.07) is 0. The molecule has 8 heteroatoms. The van der Waals surface area contributed by atoms with Crippen LogP contribution < -0.4 is 0 Å². The van der Waals surface area contributed by atoms with E-state index in [9.17, 15) is 40.5 Å². The van der Waals surface area contributed by atoms with E-state index in [4.69, 9.17) is 0 Å². The number of hydrogen-bond acceptors (Lipinski definition) is 8. The lowest BCUT2D eigenvalue weighted by molar-refractivity contribution is -0.228. The molecule has 200 valence electrons. The minimum Gasteiger partial charge on any atom is -0.392 e. The molecule has 2 unspecified atom stereocenters. The molecule has 35 heavy (non-hydrogen) atoms. The maximum absolute atomic E-state index is 13.3. The molecule has 0 aliphatic heterocycles. The number of carbonyl (C=O) groups is 1. The van der Waals surface area contributed by atoms with Crippen molar-refractivity contribution in [2.75, 3.05) is 0 Å². The fraction of sp³-hybridized carbons (Fsp3) is 0.889. The first-order valence-electron chi connectivity index (χ1n) is 13.1. The summed E-state index contributed by atoms with van der Waals surface area (Å²) in [6.45, 7) is 9.14. The van der Waals surface area contributed by atoms with Crippen molar-refractivity contribution in [2.24, 2.45) is 28.6 Å². The lowest BCUT2D eigenvalue weighted by Gasteiger charge is -2.64. The molecule has 4 aliphatic rings. The number of aliphatic hydroxyl groups is 7. The number of hydrogen-bond donors (Lipinski definition) is 7. The molecule has 8 nitrogen and oxygen atoms in total. The zero-order chi connectivity index (χ0) is 26.4. The third kappa shape index (κ3) is 3.55. The predicted molar refractivity (Wildman–Crippen MR) is 128 cm³/mol. The van der Waals surface area contributed by atoms with E-state index in [-0.39, 0.29) is 25.7 Å². The van der Waals surface area contributed by atoms with Crippen LogP contribution in [0.5, 0.6) is 0 Å². The fourth-order valence-corrected chi connectivity index (χ4v) is 8.42. The molecule has 0 amide bonds. The standard InChI is InChI=1S/C27H44O8/c1-14(2)6-7-20(31)25(5,33)19-8-9-26(34)15-10-21(32)27(35)13-17(29)16(28)11-24(27,4)22(15)18(30)12-23(19,26)3/h10,14,16-20,22,28-31,33-35H,6-9,11-13H2,1-5H3/t16-,17+,18+,19?,20+,22?,23+,24+,25-,26+,27+/m0/s1. The van der Waals surface area contributed by atoms with Gasteiger partial charge < -0.3 is 35.7 Å². The molecule has 0 aromatic heterocycles. The van der Waals surface area contributed by atoms with Gasteiger partial charge in [-0.25, -0.2) is 0 Å². The van der Waals surface area contributed by atoms with Crippen molar-refractivity contribution in [3.63, 3.8) is 0 Å². The van der Waals surface area contributed by atoms with Gasteiger partial charge in [-0.1, -0.05) is 27.7 Å². The van der Waals surface area contributed by atoms with Crippen LogP contribution in [0.2, 0.25) is 0 Å². The molecule has 3 saturated carbocycles. The van der Waals surface area contributed by atoms with Gasteiger partial charge in [-0.3, -0.25) is 4.79 Å². The minimum absolute atomic E-state index is 0.0989. The summed E-state index contributed by atoms with van der Waals surface area (Å²) in [4.78, 5) is 13.3. The fourth-order valence-electron chi connectivity index (χ4n) is 8.42. The Hall–Kier alpha value is -0.870. The van der Waals surface area contributed by atoms with Crippen LogP contribution in [0.15, 0.2) is 11.6 Å². The first kappa shape index (κ1) is 27.2. The van der Waals surface area contributed by atoms with Crippen molar-refractivity contribution in [1.29, 1.82) is 0 Å². The molecule has 4 rings (SSSR count). The highest BCUT2D eigenvalue weighted by molar-refractivity contribution is 6.00. The van der Waals surface area contributed by atoms with Crippen LogP contribution in [0.4, 0.5) is 0 Å². The van der Waals surface area contributed by atoms with Crippen molar-refractivity contribution in [3.8, 4) is 0 Å². The Labute approximate surface area is 207 Å². The first-order chi connectivity index (χ1) is 16.0. The van der Waals surface area contributed by atoms with E-state index < -0.39 is 69.7 Å². The van der Waals surface area contributed by atoms with Gasteiger partial charge in [-0.15, -0.1) is 0 Å². The average Bonchev–Trinajstić information content (AvgIpc) is 3.01. The maximum Gasteiger partial charge on any atom is 0.187 e. The van der Waals surface area contributed by atoms with Crippen LogP contribution in [0.25, 0.3) is 0 Å². The van der Waals surface area contributed by atoms with Crippen LogP contribution in [0, 0.1) is 28.6 Å². The molecule has 0 radical (unpaired) electrons. The monoisotopic (exact) mass is 496 g/mol. The van der Waals surface area contributed by atoms with E-state index in [1.807, 2.05) is 20.8 Å². The number of carbonyl (C=O) groups excluding carboxylic acids is 1. The molecule has 3 fully saturated rings. The average molecular weight is 497 g/mol. The Morgan fingerprint density at radius 3 is 2.14 bits per heavy atom. The van der Waals surface area contributed by atoms with Crippen LogP contribution in [-0.4, -0.2) is 82.7 Å². The Morgan fingerprint density at radius 2 is 1.54 bits per heavy atom.